The molecule has 54 heavy (non-hydrogen) atoms. The summed E-state index contributed by atoms with van der Waals surface area (Å²) in [6.45, 7) is 6.47. The Morgan fingerprint density at radius 1 is 0.463 bits per heavy atom. The summed E-state index contributed by atoms with van der Waals surface area (Å²) in [4.78, 5) is 25.9. The van der Waals surface area contributed by atoms with Gasteiger partial charge in [0, 0.05) is 6.42 Å². The molecule has 0 aliphatic rings. The fraction of sp³-hybridized carbons (Fsp3) is 0.958. The molecule has 0 rings (SSSR count). The van der Waals surface area contributed by atoms with Crippen LogP contribution in [0.3, 0.4) is 0 Å². The summed E-state index contributed by atoms with van der Waals surface area (Å²) in [5.41, 5.74) is 0. The van der Waals surface area contributed by atoms with Crippen molar-refractivity contribution in [1.29, 1.82) is 0 Å². The largest absolute Gasteiger partial charge is 0.462 e. The second kappa shape index (κ2) is 43.0. The second-order valence-electron chi connectivity index (χ2n) is 16.9. The number of hydrogen-bond acceptors (Lipinski definition) is 5. The van der Waals surface area contributed by atoms with E-state index in [-0.39, 0.29) is 24.9 Å². The summed E-state index contributed by atoms with van der Waals surface area (Å²) in [5, 5.41) is 23.7. The summed E-state index contributed by atoms with van der Waals surface area (Å²) in [7, 11) is 0. The van der Waals surface area contributed by atoms with E-state index in [4.69, 9.17) is 4.74 Å². The number of rotatable bonds is 44. The van der Waals surface area contributed by atoms with E-state index in [9.17, 15) is 19.8 Å². The molecule has 0 aliphatic carbocycles. The number of amides is 1. The molecule has 0 aromatic heterocycles. The molecule has 0 aromatic carbocycles. The standard InChI is InChI=1S/C48H95NO5/c1-4-7-10-13-16-19-20-21-22-23-24-25-26-29-31-34-37-40-46(51)45(43-50)49-47(52)42-44(39-36-33-30-27-17-14-11-8-5-2)54-48(53)41-38-35-32-28-18-15-12-9-6-3/h44-46,50-51H,4-43H2,1-3H3,(H,49,52). The minimum Gasteiger partial charge on any atom is -0.462 e. The molecule has 0 fully saturated rings. The van der Waals surface area contributed by atoms with Crippen LogP contribution in [-0.2, 0) is 14.3 Å². The number of unbranched alkanes of at least 4 members (excludes halogenated alkanes) is 32. The van der Waals surface area contributed by atoms with Crippen LogP contribution in [0.5, 0.6) is 0 Å². The number of esters is 1. The number of carbonyl (C=O) groups excluding carboxylic acids is 2. The van der Waals surface area contributed by atoms with Crippen LogP contribution < -0.4 is 5.32 Å². The maximum absolute atomic E-state index is 13.1. The van der Waals surface area contributed by atoms with Crippen LogP contribution in [-0.4, -0.2) is 46.9 Å². The lowest BCUT2D eigenvalue weighted by Crippen LogP contribution is -2.46. The summed E-state index contributed by atoms with van der Waals surface area (Å²) in [6.07, 6.45) is 44.6. The van der Waals surface area contributed by atoms with Crippen LogP contribution in [0.1, 0.15) is 271 Å². The molecular formula is C48H95NO5. The van der Waals surface area contributed by atoms with Gasteiger partial charge < -0.3 is 20.3 Å². The van der Waals surface area contributed by atoms with Gasteiger partial charge >= 0.3 is 5.97 Å². The molecule has 322 valence electrons. The smallest absolute Gasteiger partial charge is 0.306 e. The lowest BCUT2D eigenvalue weighted by molar-refractivity contribution is -0.151. The third-order valence-corrected chi connectivity index (χ3v) is 11.4. The molecule has 3 N–H and O–H groups in total. The first-order valence-corrected chi connectivity index (χ1v) is 24.3. The number of aliphatic hydroxyl groups is 2. The number of ether oxygens (including phenoxy) is 1. The maximum Gasteiger partial charge on any atom is 0.306 e. The zero-order chi connectivity index (χ0) is 39.6. The van der Waals surface area contributed by atoms with Crippen molar-refractivity contribution in [2.45, 2.75) is 289 Å². The van der Waals surface area contributed by atoms with Crippen LogP contribution in [0.4, 0.5) is 0 Å². The van der Waals surface area contributed by atoms with Crippen molar-refractivity contribution < 1.29 is 24.5 Å². The van der Waals surface area contributed by atoms with Gasteiger partial charge in [-0.25, -0.2) is 0 Å². The molecule has 0 aromatic rings. The number of nitrogens with one attached hydrogen (secondary N) is 1. The first kappa shape index (κ1) is 52.9. The van der Waals surface area contributed by atoms with Gasteiger partial charge in [0.15, 0.2) is 0 Å². The first-order chi connectivity index (χ1) is 26.5. The molecule has 0 heterocycles. The van der Waals surface area contributed by atoms with E-state index in [0.29, 0.717) is 19.3 Å². The van der Waals surface area contributed by atoms with Gasteiger partial charge in [0.25, 0.3) is 0 Å². The van der Waals surface area contributed by atoms with E-state index in [1.54, 1.807) is 0 Å². The van der Waals surface area contributed by atoms with Gasteiger partial charge in [0.2, 0.25) is 5.91 Å². The number of aliphatic hydroxyl groups excluding tert-OH is 2. The zero-order valence-electron chi connectivity index (χ0n) is 36.6. The fourth-order valence-electron chi connectivity index (χ4n) is 7.73. The highest BCUT2D eigenvalue weighted by molar-refractivity contribution is 5.77. The van der Waals surface area contributed by atoms with Crippen LogP contribution in [0.15, 0.2) is 0 Å². The van der Waals surface area contributed by atoms with E-state index in [2.05, 4.69) is 26.1 Å². The van der Waals surface area contributed by atoms with Crippen molar-refractivity contribution in [1.82, 2.24) is 5.32 Å². The molecule has 6 nitrogen and oxygen atoms in total. The van der Waals surface area contributed by atoms with Crippen LogP contribution in [0.2, 0.25) is 0 Å². The molecule has 3 atom stereocenters. The predicted octanol–water partition coefficient (Wildman–Crippen LogP) is 14.0. The fourth-order valence-corrected chi connectivity index (χ4v) is 7.73. The van der Waals surface area contributed by atoms with E-state index in [0.717, 1.165) is 44.9 Å². The van der Waals surface area contributed by atoms with Crippen molar-refractivity contribution in [3.8, 4) is 0 Å². The summed E-state index contributed by atoms with van der Waals surface area (Å²) in [6, 6.07) is -0.690. The summed E-state index contributed by atoms with van der Waals surface area (Å²) < 4.78 is 5.88. The Kier molecular flexibility index (Phi) is 42.1. The monoisotopic (exact) mass is 766 g/mol. The van der Waals surface area contributed by atoms with E-state index in [1.807, 2.05) is 0 Å². The highest BCUT2D eigenvalue weighted by Gasteiger charge is 2.24. The molecular weight excluding hydrogens is 671 g/mol. The minimum absolute atomic E-state index is 0.0862. The van der Waals surface area contributed by atoms with Crippen LogP contribution in [0, 0.1) is 0 Å². The Balaban J connectivity index is 4.35. The van der Waals surface area contributed by atoms with Gasteiger partial charge in [0.1, 0.15) is 6.10 Å². The Morgan fingerprint density at radius 3 is 1.13 bits per heavy atom. The molecule has 3 unspecified atom stereocenters. The number of carbonyl (C=O) groups is 2. The lowest BCUT2D eigenvalue weighted by Gasteiger charge is -2.24. The molecule has 6 heteroatoms. The van der Waals surface area contributed by atoms with Gasteiger partial charge in [-0.3, -0.25) is 9.59 Å². The highest BCUT2D eigenvalue weighted by atomic mass is 16.5. The van der Waals surface area contributed by atoms with Gasteiger partial charge in [-0.2, -0.15) is 0 Å². The Labute approximate surface area is 336 Å². The van der Waals surface area contributed by atoms with Crippen molar-refractivity contribution >= 4 is 11.9 Å². The zero-order valence-corrected chi connectivity index (χ0v) is 36.6. The van der Waals surface area contributed by atoms with Crippen molar-refractivity contribution in [2.24, 2.45) is 0 Å². The van der Waals surface area contributed by atoms with Gasteiger partial charge in [-0.15, -0.1) is 0 Å². The number of hydrogen-bond donors (Lipinski definition) is 3. The highest BCUT2D eigenvalue weighted by Crippen LogP contribution is 2.18. The third kappa shape index (κ3) is 37.8. The van der Waals surface area contributed by atoms with Crippen molar-refractivity contribution in [3.63, 3.8) is 0 Å². The lowest BCUT2D eigenvalue weighted by atomic mass is 10.0. The Hall–Kier alpha value is -1.14. The molecule has 0 radical (unpaired) electrons. The third-order valence-electron chi connectivity index (χ3n) is 11.4. The van der Waals surface area contributed by atoms with Crippen LogP contribution >= 0.6 is 0 Å². The quantitative estimate of drug-likeness (QED) is 0.0424. The normalized spacial score (nSPS) is 13.2. The summed E-state index contributed by atoms with van der Waals surface area (Å²) >= 11 is 0. The minimum atomic E-state index is -0.778. The SMILES string of the molecule is CCCCCCCCCCCCCCCCCCCC(O)C(CO)NC(=O)CC(CCCCCCCCCCC)OC(=O)CCCCCCCCCCC. The van der Waals surface area contributed by atoms with Crippen molar-refractivity contribution in [3.05, 3.63) is 0 Å². The van der Waals surface area contributed by atoms with Crippen molar-refractivity contribution in [2.75, 3.05) is 6.61 Å². The summed E-state index contributed by atoms with van der Waals surface area (Å²) in [5.74, 6) is -0.462. The average molecular weight is 766 g/mol. The van der Waals surface area contributed by atoms with Gasteiger partial charge in [-0.1, -0.05) is 233 Å². The molecule has 0 spiro atoms. The van der Waals surface area contributed by atoms with Crippen LogP contribution in [0.25, 0.3) is 0 Å². The first-order valence-electron chi connectivity index (χ1n) is 24.3. The average Bonchev–Trinajstić information content (AvgIpc) is 3.16. The van der Waals surface area contributed by atoms with Gasteiger partial charge in [-0.05, 0) is 25.7 Å². The molecule has 1 amide bonds. The maximum atomic E-state index is 13.1. The topological polar surface area (TPSA) is 95.9 Å². The van der Waals surface area contributed by atoms with E-state index in [1.165, 1.54) is 180 Å². The molecule has 0 aliphatic heterocycles. The van der Waals surface area contributed by atoms with E-state index < -0.39 is 18.2 Å². The molecule has 0 saturated heterocycles. The Bertz CT molecular complexity index is 776. The molecule has 0 saturated carbocycles. The molecule has 0 bridgehead atoms. The predicted molar refractivity (Wildman–Crippen MR) is 232 cm³/mol. The Morgan fingerprint density at radius 2 is 0.778 bits per heavy atom. The van der Waals surface area contributed by atoms with Gasteiger partial charge in [0.05, 0.1) is 25.2 Å². The van der Waals surface area contributed by atoms with E-state index >= 15 is 0 Å². The second-order valence-corrected chi connectivity index (χ2v) is 16.9.